The molecule has 1 unspecified atom stereocenters. The minimum Gasteiger partial charge on any atom is -0.334 e. The highest BCUT2D eigenvalue weighted by Crippen LogP contribution is 2.14. The van der Waals surface area contributed by atoms with Crippen molar-refractivity contribution in [2.75, 3.05) is 16.8 Å². The van der Waals surface area contributed by atoms with Crippen molar-refractivity contribution >= 4 is 21.6 Å². The lowest BCUT2D eigenvalue weighted by molar-refractivity contribution is 0.249. The van der Waals surface area contributed by atoms with E-state index in [1.54, 1.807) is 12.1 Å². The summed E-state index contributed by atoms with van der Waals surface area (Å²) in [5, 5.41) is 5.41. The first-order chi connectivity index (χ1) is 10.5. The molecule has 1 aliphatic heterocycles. The minimum absolute atomic E-state index is 0.0208. The lowest BCUT2D eigenvalue weighted by Crippen LogP contribution is -2.38. The van der Waals surface area contributed by atoms with Crippen molar-refractivity contribution in [1.82, 2.24) is 9.88 Å². The van der Waals surface area contributed by atoms with Gasteiger partial charge < -0.3 is 15.2 Å². The van der Waals surface area contributed by atoms with Crippen molar-refractivity contribution in [2.24, 2.45) is 0 Å². The Morgan fingerprint density at radius 2 is 1.82 bits per heavy atom. The largest absolute Gasteiger partial charge is 0.334 e. The maximum absolute atomic E-state index is 11.9. The Hall–Kier alpha value is -2.28. The number of aromatic nitrogens is 1. The quantitative estimate of drug-likeness (QED) is 0.905. The Labute approximate surface area is 129 Å². The van der Waals surface area contributed by atoms with E-state index in [-0.39, 0.29) is 23.6 Å². The van der Waals surface area contributed by atoms with Crippen molar-refractivity contribution in [1.29, 1.82) is 0 Å². The van der Waals surface area contributed by atoms with Crippen LogP contribution in [-0.4, -0.2) is 36.6 Å². The molecular formula is C15H17N3O3S. The Bertz CT molecular complexity index is 752. The van der Waals surface area contributed by atoms with Crippen molar-refractivity contribution in [3.63, 3.8) is 0 Å². The Balaban J connectivity index is 1.58. The van der Waals surface area contributed by atoms with Gasteiger partial charge in [0.1, 0.15) is 0 Å². The summed E-state index contributed by atoms with van der Waals surface area (Å²) in [6.07, 6.45) is 4.35. The predicted molar refractivity (Wildman–Crippen MR) is 85.0 cm³/mol. The van der Waals surface area contributed by atoms with Gasteiger partial charge in [-0.25, -0.2) is 13.2 Å². The summed E-state index contributed by atoms with van der Waals surface area (Å²) in [5.41, 5.74) is 1.66. The van der Waals surface area contributed by atoms with E-state index in [0.29, 0.717) is 12.1 Å². The normalized spacial score (nSPS) is 19.7. The number of anilines is 1. The van der Waals surface area contributed by atoms with E-state index in [1.165, 1.54) is 0 Å². The molecule has 1 aromatic carbocycles. The molecule has 6 nitrogen and oxygen atoms in total. The van der Waals surface area contributed by atoms with Gasteiger partial charge in [-0.3, -0.25) is 0 Å². The number of hydrogen-bond donors (Lipinski definition) is 2. The molecule has 1 saturated heterocycles. The zero-order valence-electron chi connectivity index (χ0n) is 11.9. The second kappa shape index (κ2) is 5.84. The van der Waals surface area contributed by atoms with Crippen LogP contribution in [0.4, 0.5) is 10.5 Å². The summed E-state index contributed by atoms with van der Waals surface area (Å²) in [4.78, 5) is 11.9. The standard InChI is InChI=1S/C15H17N3O3S/c19-15(17-13-7-10-22(20,21)11-13)16-12-3-5-14(6-4-12)18-8-1-2-9-18/h1-6,8-9,13H,7,10-11H2,(H2,16,17,19). The number of carbonyl (C=O) groups is 1. The molecule has 7 heteroatoms. The molecule has 2 N–H and O–H groups in total. The van der Waals surface area contributed by atoms with Gasteiger partial charge in [0.15, 0.2) is 9.84 Å². The van der Waals surface area contributed by atoms with Crippen LogP contribution in [-0.2, 0) is 9.84 Å². The van der Waals surface area contributed by atoms with Crippen LogP contribution >= 0.6 is 0 Å². The van der Waals surface area contributed by atoms with Crippen molar-refractivity contribution in [2.45, 2.75) is 12.5 Å². The topological polar surface area (TPSA) is 80.2 Å². The predicted octanol–water partition coefficient (Wildman–Crippen LogP) is 1.79. The Kier molecular flexibility index (Phi) is 3.89. The fourth-order valence-electron chi connectivity index (χ4n) is 2.48. The van der Waals surface area contributed by atoms with Gasteiger partial charge in [-0.2, -0.15) is 0 Å². The summed E-state index contributed by atoms with van der Waals surface area (Å²) in [5.74, 6) is 0.163. The highest BCUT2D eigenvalue weighted by molar-refractivity contribution is 7.91. The molecule has 0 saturated carbocycles. The SMILES string of the molecule is O=C(Nc1ccc(-n2cccc2)cc1)NC1CCS(=O)(=O)C1. The molecule has 3 rings (SSSR count). The third-order valence-electron chi connectivity index (χ3n) is 3.60. The number of rotatable bonds is 3. The summed E-state index contributed by atoms with van der Waals surface area (Å²) < 4.78 is 24.7. The van der Waals surface area contributed by atoms with Crippen LogP contribution in [0.5, 0.6) is 0 Å². The van der Waals surface area contributed by atoms with Crippen molar-refractivity contribution in [3.05, 3.63) is 48.8 Å². The van der Waals surface area contributed by atoms with E-state index in [4.69, 9.17) is 0 Å². The molecular weight excluding hydrogens is 302 g/mol. The highest BCUT2D eigenvalue weighted by Gasteiger charge is 2.28. The van der Waals surface area contributed by atoms with Gasteiger partial charge in [0, 0.05) is 29.8 Å². The van der Waals surface area contributed by atoms with E-state index < -0.39 is 9.84 Å². The lowest BCUT2D eigenvalue weighted by atomic mass is 10.2. The second-order valence-electron chi connectivity index (χ2n) is 5.34. The second-order valence-corrected chi connectivity index (χ2v) is 7.56. The number of carbonyl (C=O) groups excluding carboxylic acids is 1. The van der Waals surface area contributed by atoms with E-state index in [0.717, 1.165) is 5.69 Å². The smallest absolute Gasteiger partial charge is 0.319 e. The average Bonchev–Trinajstić information content (AvgIpc) is 3.09. The number of nitrogens with one attached hydrogen (secondary N) is 2. The number of sulfone groups is 1. The van der Waals surface area contributed by atoms with Crippen LogP contribution in [0.15, 0.2) is 48.8 Å². The molecule has 0 aliphatic carbocycles. The molecule has 1 atom stereocenters. The first-order valence-corrected chi connectivity index (χ1v) is 8.85. The van der Waals surface area contributed by atoms with Gasteiger partial charge in [-0.05, 0) is 42.8 Å². The van der Waals surface area contributed by atoms with Crippen LogP contribution in [0, 0.1) is 0 Å². The van der Waals surface area contributed by atoms with Crippen LogP contribution in [0.3, 0.4) is 0 Å². The maximum Gasteiger partial charge on any atom is 0.319 e. The summed E-state index contributed by atoms with van der Waals surface area (Å²) in [6, 6.07) is 10.6. The van der Waals surface area contributed by atoms with Gasteiger partial charge in [0.25, 0.3) is 0 Å². The monoisotopic (exact) mass is 319 g/mol. The average molecular weight is 319 g/mol. The highest BCUT2D eigenvalue weighted by atomic mass is 32.2. The first kappa shape index (κ1) is 14.6. The molecule has 22 heavy (non-hydrogen) atoms. The molecule has 1 fully saturated rings. The van der Waals surface area contributed by atoms with Gasteiger partial charge >= 0.3 is 6.03 Å². The summed E-state index contributed by atoms with van der Waals surface area (Å²) in [7, 11) is -2.99. The Morgan fingerprint density at radius 3 is 2.41 bits per heavy atom. The van der Waals surface area contributed by atoms with Gasteiger partial charge in [0.05, 0.1) is 11.5 Å². The lowest BCUT2D eigenvalue weighted by Gasteiger charge is -2.12. The number of benzene rings is 1. The molecule has 2 amide bonds. The van der Waals surface area contributed by atoms with Crippen molar-refractivity contribution < 1.29 is 13.2 Å². The number of hydrogen-bond acceptors (Lipinski definition) is 3. The Morgan fingerprint density at radius 1 is 1.14 bits per heavy atom. The van der Waals surface area contributed by atoms with Crippen LogP contribution in [0.25, 0.3) is 5.69 Å². The van der Waals surface area contributed by atoms with Gasteiger partial charge in [0.2, 0.25) is 0 Å². The summed E-state index contributed by atoms with van der Waals surface area (Å²) in [6.45, 7) is 0. The van der Waals surface area contributed by atoms with Crippen LogP contribution in [0.2, 0.25) is 0 Å². The molecule has 116 valence electrons. The molecule has 2 aromatic rings. The van der Waals surface area contributed by atoms with E-state index in [9.17, 15) is 13.2 Å². The summed E-state index contributed by atoms with van der Waals surface area (Å²) >= 11 is 0. The molecule has 0 spiro atoms. The minimum atomic E-state index is -2.99. The maximum atomic E-state index is 11.9. The van der Waals surface area contributed by atoms with Gasteiger partial charge in [-0.15, -0.1) is 0 Å². The van der Waals surface area contributed by atoms with E-state index in [2.05, 4.69) is 10.6 Å². The molecule has 0 radical (unpaired) electrons. The van der Waals surface area contributed by atoms with Crippen LogP contribution < -0.4 is 10.6 Å². The van der Waals surface area contributed by atoms with Crippen LogP contribution in [0.1, 0.15) is 6.42 Å². The molecule has 0 bridgehead atoms. The molecule has 1 aliphatic rings. The van der Waals surface area contributed by atoms with E-state index >= 15 is 0 Å². The third kappa shape index (κ3) is 3.48. The molecule has 1 aromatic heterocycles. The first-order valence-electron chi connectivity index (χ1n) is 7.03. The third-order valence-corrected chi connectivity index (χ3v) is 5.36. The fraction of sp³-hybridized carbons (Fsp3) is 0.267. The number of amides is 2. The fourth-order valence-corrected chi connectivity index (χ4v) is 4.16. The van der Waals surface area contributed by atoms with Crippen molar-refractivity contribution in [3.8, 4) is 5.69 Å². The molecule has 2 heterocycles. The number of nitrogens with zero attached hydrogens (tertiary/aromatic N) is 1. The van der Waals surface area contributed by atoms with Gasteiger partial charge in [-0.1, -0.05) is 0 Å². The van der Waals surface area contributed by atoms with E-state index in [1.807, 2.05) is 41.2 Å². The zero-order valence-corrected chi connectivity index (χ0v) is 12.7. The zero-order chi connectivity index (χ0) is 15.6. The number of urea groups is 1.